The molecule has 0 unspecified atom stereocenters. The molecule has 2 rings (SSSR count). The lowest BCUT2D eigenvalue weighted by molar-refractivity contribution is -0.121. The molecule has 3 nitrogen and oxygen atoms in total. The van der Waals surface area contributed by atoms with Gasteiger partial charge in [0.15, 0.2) is 0 Å². The molecular weight excluding hydrogens is 333 g/mol. The molecule has 0 heterocycles. The molecule has 0 atom stereocenters. The van der Waals surface area contributed by atoms with Gasteiger partial charge in [0.1, 0.15) is 12.4 Å². The molecule has 0 aliphatic heterocycles. The zero-order valence-corrected chi connectivity index (χ0v) is 14.5. The summed E-state index contributed by atoms with van der Waals surface area (Å²) < 4.78 is 5.56. The van der Waals surface area contributed by atoms with Crippen LogP contribution in [-0.2, 0) is 11.2 Å². The van der Waals surface area contributed by atoms with Gasteiger partial charge in [-0.15, -0.1) is 0 Å². The predicted molar refractivity (Wildman–Crippen MR) is 94.5 cm³/mol. The predicted octanol–water partition coefficient (Wildman–Crippen LogP) is 4.43. The molecule has 2 aromatic rings. The summed E-state index contributed by atoms with van der Waals surface area (Å²) in [4.78, 5) is 11.8. The van der Waals surface area contributed by atoms with E-state index in [0.29, 0.717) is 36.0 Å². The van der Waals surface area contributed by atoms with Crippen molar-refractivity contribution in [2.75, 3.05) is 13.2 Å². The van der Waals surface area contributed by atoms with Crippen LogP contribution in [0.3, 0.4) is 0 Å². The average molecular weight is 352 g/mol. The van der Waals surface area contributed by atoms with Gasteiger partial charge >= 0.3 is 0 Å². The van der Waals surface area contributed by atoms with Crippen molar-refractivity contribution in [2.45, 2.75) is 19.8 Å². The topological polar surface area (TPSA) is 38.3 Å². The number of rotatable bonds is 7. The average Bonchev–Trinajstić information content (AvgIpc) is 2.52. The van der Waals surface area contributed by atoms with Crippen molar-refractivity contribution in [2.24, 2.45) is 0 Å². The highest BCUT2D eigenvalue weighted by Crippen LogP contribution is 2.21. The lowest BCUT2D eigenvalue weighted by atomic mass is 10.1. The Labute approximate surface area is 146 Å². The summed E-state index contributed by atoms with van der Waals surface area (Å²) in [5.41, 5.74) is 2.11. The molecule has 0 saturated carbocycles. The van der Waals surface area contributed by atoms with Gasteiger partial charge in [0, 0.05) is 16.5 Å². The number of ether oxygens (including phenoxy) is 1. The number of carbonyl (C=O) groups excluding carboxylic acids is 1. The molecule has 5 heteroatoms. The zero-order valence-electron chi connectivity index (χ0n) is 12.9. The number of carbonyl (C=O) groups is 1. The highest BCUT2D eigenvalue weighted by molar-refractivity contribution is 6.35. The van der Waals surface area contributed by atoms with Gasteiger partial charge in [-0.1, -0.05) is 47.0 Å². The van der Waals surface area contributed by atoms with Gasteiger partial charge in [-0.3, -0.25) is 4.79 Å². The lowest BCUT2D eigenvalue weighted by Crippen LogP contribution is -2.28. The second-order valence-corrected chi connectivity index (χ2v) is 6.09. The van der Waals surface area contributed by atoms with Crippen LogP contribution in [0.5, 0.6) is 5.75 Å². The Morgan fingerprint density at radius 3 is 2.57 bits per heavy atom. The first kappa shape index (κ1) is 17.6. The van der Waals surface area contributed by atoms with E-state index in [9.17, 15) is 4.79 Å². The van der Waals surface area contributed by atoms with Gasteiger partial charge in [0.25, 0.3) is 0 Å². The molecule has 1 N–H and O–H groups in total. The number of benzene rings is 2. The van der Waals surface area contributed by atoms with Crippen molar-refractivity contribution in [1.29, 1.82) is 0 Å². The summed E-state index contributed by atoms with van der Waals surface area (Å²) in [6.07, 6.45) is 0.965. The molecule has 1 amide bonds. The van der Waals surface area contributed by atoms with Gasteiger partial charge in [-0.2, -0.15) is 0 Å². The minimum atomic E-state index is -0.0245. The monoisotopic (exact) mass is 351 g/mol. The highest BCUT2D eigenvalue weighted by Gasteiger charge is 2.05. The first-order valence-electron chi connectivity index (χ1n) is 7.44. The molecule has 0 bridgehead atoms. The van der Waals surface area contributed by atoms with Gasteiger partial charge in [0.05, 0.1) is 6.54 Å². The Morgan fingerprint density at radius 1 is 1.13 bits per heavy atom. The Balaban J connectivity index is 1.66. The number of hydrogen-bond donors (Lipinski definition) is 1. The fourth-order valence-electron chi connectivity index (χ4n) is 2.05. The maximum Gasteiger partial charge on any atom is 0.220 e. The first-order valence-corrected chi connectivity index (χ1v) is 8.20. The van der Waals surface area contributed by atoms with Crippen LogP contribution in [0.1, 0.15) is 17.5 Å². The van der Waals surface area contributed by atoms with Crippen LogP contribution in [0.25, 0.3) is 0 Å². The lowest BCUT2D eigenvalue weighted by Gasteiger charge is -2.08. The molecule has 0 radical (unpaired) electrons. The quantitative estimate of drug-likeness (QED) is 0.749. The fraction of sp³-hybridized carbons (Fsp3) is 0.278. The van der Waals surface area contributed by atoms with Crippen molar-refractivity contribution >= 4 is 29.1 Å². The van der Waals surface area contributed by atoms with E-state index in [1.807, 2.05) is 37.3 Å². The SMILES string of the molecule is Cc1ccc(OCCNC(=O)CCc2ccc(Cl)cc2Cl)cc1. The smallest absolute Gasteiger partial charge is 0.220 e. The Hall–Kier alpha value is -1.71. The molecule has 2 aromatic carbocycles. The van der Waals surface area contributed by atoms with Crippen LogP contribution in [0, 0.1) is 6.92 Å². The van der Waals surface area contributed by atoms with E-state index in [0.717, 1.165) is 11.3 Å². The molecule has 0 aliphatic rings. The van der Waals surface area contributed by atoms with Crippen LogP contribution in [0.15, 0.2) is 42.5 Å². The van der Waals surface area contributed by atoms with E-state index < -0.39 is 0 Å². The Kier molecular flexibility index (Phi) is 6.75. The molecular formula is C18H19Cl2NO2. The summed E-state index contributed by atoms with van der Waals surface area (Å²) in [5.74, 6) is 0.779. The Morgan fingerprint density at radius 2 is 1.87 bits per heavy atom. The van der Waals surface area contributed by atoms with E-state index in [1.54, 1.807) is 12.1 Å². The van der Waals surface area contributed by atoms with E-state index in [2.05, 4.69) is 5.32 Å². The van der Waals surface area contributed by atoms with Gasteiger partial charge in [-0.25, -0.2) is 0 Å². The van der Waals surface area contributed by atoms with E-state index in [1.165, 1.54) is 5.56 Å². The second kappa shape index (κ2) is 8.80. The number of amides is 1. The zero-order chi connectivity index (χ0) is 16.7. The second-order valence-electron chi connectivity index (χ2n) is 5.25. The largest absolute Gasteiger partial charge is 0.492 e. The van der Waals surface area contributed by atoms with E-state index >= 15 is 0 Å². The maximum atomic E-state index is 11.8. The van der Waals surface area contributed by atoms with E-state index in [4.69, 9.17) is 27.9 Å². The standard InChI is InChI=1S/C18H19Cl2NO2/c1-13-2-7-16(8-3-13)23-11-10-21-18(22)9-5-14-4-6-15(19)12-17(14)20/h2-4,6-8,12H,5,9-11H2,1H3,(H,21,22). The number of nitrogens with one attached hydrogen (secondary N) is 1. The summed E-state index contributed by atoms with van der Waals surface area (Å²) in [6.45, 7) is 2.94. The minimum absolute atomic E-state index is 0.0245. The summed E-state index contributed by atoms with van der Waals surface area (Å²) >= 11 is 11.9. The molecule has 0 fully saturated rings. The summed E-state index contributed by atoms with van der Waals surface area (Å²) in [7, 11) is 0. The van der Waals surface area contributed by atoms with Crippen LogP contribution in [0.4, 0.5) is 0 Å². The molecule has 0 aromatic heterocycles. The summed E-state index contributed by atoms with van der Waals surface area (Å²) in [6, 6.07) is 13.1. The first-order chi connectivity index (χ1) is 11.0. The van der Waals surface area contributed by atoms with Crippen LogP contribution < -0.4 is 10.1 Å². The third kappa shape index (κ3) is 6.12. The minimum Gasteiger partial charge on any atom is -0.492 e. The van der Waals surface area contributed by atoms with Crippen LogP contribution in [0.2, 0.25) is 10.0 Å². The van der Waals surface area contributed by atoms with Crippen molar-refractivity contribution in [3.05, 3.63) is 63.6 Å². The third-order valence-electron chi connectivity index (χ3n) is 3.35. The number of halogens is 2. The van der Waals surface area contributed by atoms with E-state index in [-0.39, 0.29) is 5.91 Å². The molecule has 122 valence electrons. The molecule has 0 spiro atoms. The Bertz CT molecular complexity index is 657. The van der Waals surface area contributed by atoms with Gasteiger partial charge in [0.2, 0.25) is 5.91 Å². The van der Waals surface area contributed by atoms with Crippen molar-refractivity contribution in [1.82, 2.24) is 5.32 Å². The fourth-order valence-corrected chi connectivity index (χ4v) is 2.56. The number of hydrogen-bond acceptors (Lipinski definition) is 2. The van der Waals surface area contributed by atoms with Gasteiger partial charge < -0.3 is 10.1 Å². The summed E-state index contributed by atoms with van der Waals surface area (Å²) in [5, 5.41) is 4.02. The number of aryl methyl sites for hydroxylation is 2. The van der Waals surface area contributed by atoms with Crippen molar-refractivity contribution in [3.63, 3.8) is 0 Å². The maximum absolute atomic E-state index is 11.8. The normalized spacial score (nSPS) is 10.4. The molecule has 23 heavy (non-hydrogen) atoms. The highest BCUT2D eigenvalue weighted by atomic mass is 35.5. The van der Waals surface area contributed by atoms with Gasteiger partial charge in [-0.05, 0) is 43.2 Å². The van der Waals surface area contributed by atoms with Crippen LogP contribution >= 0.6 is 23.2 Å². The molecule has 0 aliphatic carbocycles. The van der Waals surface area contributed by atoms with Crippen LogP contribution in [-0.4, -0.2) is 19.1 Å². The van der Waals surface area contributed by atoms with Crippen molar-refractivity contribution in [3.8, 4) is 5.75 Å². The van der Waals surface area contributed by atoms with Crippen molar-refractivity contribution < 1.29 is 9.53 Å². The third-order valence-corrected chi connectivity index (χ3v) is 3.94. The molecule has 0 saturated heterocycles.